The molecule has 0 unspecified atom stereocenters. The maximum atomic E-state index is 5.24. The van der Waals surface area contributed by atoms with Gasteiger partial charge in [-0.15, -0.1) is 0 Å². The largest absolute Gasteiger partial charge is 0.396 e. The summed E-state index contributed by atoms with van der Waals surface area (Å²) < 4.78 is 0. The van der Waals surface area contributed by atoms with Crippen LogP contribution in [-0.2, 0) is 4.84 Å². The molecule has 76 valence electrons. The van der Waals surface area contributed by atoms with Crippen LogP contribution in [-0.4, -0.2) is 12.3 Å². The van der Waals surface area contributed by atoms with Crippen LogP contribution < -0.4 is 0 Å². The number of rotatable bonds is 5. The van der Waals surface area contributed by atoms with Gasteiger partial charge >= 0.3 is 0 Å². The highest BCUT2D eigenvalue weighted by Gasteiger charge is 2.19. The predicted octanol–water partition coefficient (Wildman–Crippen LogP) is 3.37. The molecule has 1 aliphatic carbocycles. The van der Waals surface area contributed by atoms with Crippen molar-refractivity contribution in [3.63, 3.8) is 0 Å². The minimum atomic E-state index is 0.724. The fourth-order valence-corrected chi connectivity index (χ4v) is 1.91. The van der Waals surface area contributed by atoms with Gasteiger partial charge in [0.2, 0.25) is 0 Å². The summed E-state index contributed by atoms with van der Waals surface area (Å²) >= 11 is 0. The maximum Gasteiger partial charge on any atom is 0.116 e. The Hall–Kier alpha value is -0.530. The van der Waals surface area contributed by atoms with Crippen LogP contribution in [0.2, 0.25) is 0 Å². The zero-order chi connectivity index (χ0) is 9.52. The lowest BCUT2D eigenvalue weighted by Gasteiger charge is -2.10. The first-order chi connectivity index (χ1) is 6.38. The molecule has 13 heavy (non-hydrogen) atoms. The lowest BCUT2D eigenvalue weighted by atomic mass is 10.0. The number of hydrogen-bond donors (Lipinski definition) is 0. The van der Waals surface area contributed by atoms with E-state index in [1.807, 2.05) is 0 Å². The topological polar surface area (TPSA) is 21.6 Å². The average molecular weight is 183 g/mol. The minimum absolute atomic E-state index is 0.724. The maximum absolute atomic E-state index is 5.24. The molecule has 0 aromatic carbocycles. The first kappa shape index (κ1) is 10.6. The summed E-state index contributed by atoms with van der Waals surface area (Å²) in [6.45, 7) is 5.04. The zero-order valence-electron chi connectivity index (χ0n) is 8.88. The molecule has 2 nitrogen and oxygen atoms in total. The molecule has 0 saturated heterocycles. The van der Waals surface area contributed by atoms with Crippen LogP contribution in [0.4, 0.5) is 0 Å². The van der Waals surface area contributed by atoms with Crippen molar-refractivity contribution in [1.29, 1.82) is 0 Å². The monoisotopic (exact) mass is 183 g/mol. The summed E-state index contributed by atoms with van der Waals surface area (Å²) in [5.41, 5.74) is 1.28. The minimum Gasteiger partial charge on any atom is -0.396 e. The van der Waals surface area contributed by atoms with Crippen LogP contribution in [0.5, 0.6) is 0 Å². The van der Waals surface area contributed by atoms with Crippen molar-refractivity contribution in [3.8, 4) is 0 Å². The molecule has 0 aliphatic heterocycles. The van der Waals surface area contributed by atoms with E-state index in [9.17, 15) is 0 Å². The van der Waals surface area contributed by atoms with E-state index in [4.69, 9.17) is 4.84 Å². The molecule has 1 rings (SSSR count). The highest BCUT2D eigenvalue weighted by molar-refractivity contribution is 5.86. The Labute approximate surface area is 81.3 Å². The molecule has 0 aromatic heterocycles. The van der Waals surface area contributed by atoms with Crippen LogP contribution in [0.25, 0.3) is 0 Å². The van der Waals surface area contributed by atoms with E-state index in [1.165, 1.54) is 31.4 Å². The molecular formula is C11H21NO. The van der Waals surface area contributed by atoms with Gasteiger partial charge < -0.3 is 4.84 Å². The Kier molecular flexibility index (Phi) is 4.87. The lowest BCUT2D eigenvalue weighted by molar-refractivity contribution is 0.142. The molecule has 0 radical (unpaired) electrons. The third-order valence-corrected chi connectivity index (χ3v) is 2.67. The van der Waals surface area contributed by atoms with E-state index in [0.29, 0.717) is 0 Å². The Morgan fingerprint density at radius 1 is 1.31 bits per heavy atom. The second-order valence-corrected chi connectivity index (χ2v) is 3.75. The van der Waals surface area contributed by atoms with Crippen molar-refractivity contribution in [3.05, 3.63) is 0 Å². The van der Waals surface area contributed by atoms with Crippen LogP contribution in [0.15, 0.2) is 5.16 Å². The van der Waals surface area contributed by atoms with Gasteiger partial charge in [-0.05, 0) is 25.7 Å². The predicted molar refractivity (Wildman–Crippen MR) is 55.9 cm³/mol. The van der Waals surface area contributed by atoms with Crippen molar-refractivity contribution in [2.75, 3.05) is 6.61 Å². The SMILES string of the molecule is CCCON=C(CC)C1CCCC1. The number of oxime groups is 1. The first-order valence-electron chi connectivity index (χ1n) is 5.57. The fraction of sp³-hybridized carbons (Fsp3) is 0.909. The van der Waals surface area contributed by atoms with Crippen molar-refractivity contribution in [1.82, 2.24) is 0 Å². The molecule has 0 bridgehead atoms. The van der Waals surface area contributed by atoms with E-state index in [0.717, 1.165) is 25.4 Å². The lowest BCUT2D eigenvalue weighted by Crippen LogP contribution is -2.10. The smallest absolute Gasteiger partial charge is 0.116 e. The van der Waals surface area contributed by atoms with Crippen molar-refractivity contribution < 1.29 is 4.84 Å². The normalized spacial score (nSPS) is 19.4. The van der Waals surface area contributed by atoms with E-state index >= 15 is 0 Å². The second kappa shape index (κ2) is 6.01. The Balaban J connectivity index is 2.35. The van der Waals surface area contributed by atoms with E-state index < -0.39 is 0 Å². The van der Waals surface area contributed by atoms with Gasteiger partial charge in [0.15, 0.2) is 0 Å². The molecule has 1 saturated carbocycles. The van der Waals surface area contributed by atoms with Crippen LogP contribution >= 0.6 is 0 Å². The summed E-state index contributed by atoms with van der Waals surface area (Å²) in [4.78, 5) is 5.24. The first-order valence-corrected chi connectivity index (χ1v) is 5.57. The van der Waals surface area contributed by atoms with Gasteiger partial charge in [-0.25, -0.2) is 0 Å². The summed E-state index contributed by atoms with van der Waals surface area (Å²) in [5, 5.41) is 4.23. The van der Waals surface area contributed by atoms with Crippen molar-refractivity contribution in [2.45, 2.75) is 52.4 Å². The third kappa shape index (κ3) is 3.37. The molecule has 1 fully saturated rings. The van der Waals surface area contributed by atoms with Gasteiger partial charge in [-0.3, -0.25) is 0 Å². The second-order valence-electron chi connectivity index (χ2n) is 3.75. The summed E-state index contributed by atoms with van der Waals surface area (Å²) in [6.07, 6.45) is 7.48. The van der Waals surface area contributed by atoms with Crippen molar-refractivity contribution in [2.24, 2.45) is 11.1 Å². The van der Waals surface area contributed by atoms with Gasteiger partial charge in [-0.2, -0.15) is 0 Å². The quantitative estimate of drug-likeness (QED) is 0.364. The molecule has 0 heterocycles. The summed E-state index contributed by atoms with van der Waals surface area (Å²) in [6, 6.07) is 0. The van der Waals surface area contributed by atoms with Gasteiger partial charge in [0, 0.05) is 5.92 Å². The average Bonchev–Trinajstić information content (AvgIpc) is 2.65. The molecule has 0 spiro atoms. The standard InChI is InChI=1S/C11H21NO/c1-3-9-13-12-11(4-2)10-7-5-6-8-10/h10H,3-9H2,1-2H3. The van der Waals surface area contributed by atoms with Gasteiger partial charge in [-0.1, -0.05) is 31.8 Å². The van der Waals surface area contributed by atoms with Gasteiger partial charge in [0.1, 0.15) is 6.61 Å². The van der Waals surface area contributed by atoms with Crippen LogP contribution in [0.1, 0.15) is 52.4 Å². The van der Waals surface area contributed by atoms with Crippen LogP contribution in [0.3, 0.4) is 0 Å². The number of hydrogen-bond acceptors (Lipinski definition) is 2. The van der Waals surface area contributed by atoms with E-state index in [1.54, 1.807) is 0 Å². The van der Waals surface area contributed by atoms with Gasteiger partial charge in [0.25, 0.3) is 0 Å². The Bertz CT molecular complexity index is 159. The number of nitrogens with zero attached hydrogens (tertiary/aromatic N) is 1. The molecule has 0 aromatic rings. The Morgan fingerprint density at radius 3 is 2.54 bits per heavy atom. The zero-order valence-corrected chi connectivity index (χ0v) is 8.88. The highest BCUT2D eigenvalue weighted by Crippen LogP contribution is 2.27. The molecule has 1 aliphatic rings. The van der Waals surface area contributed by atoms with E-state index in [2.05, 4.69) is 19.0 Å². The molecule has 0 atom stereocenters. The highest BCUT2D eigenvalue weighted by atomic mass is 16.6. The Morgan fingerprint density at radius 2 is 2.00 bits per heavy atom. The van der Waals surface area contributed by atoms with Crippen LogP contribution in [0, 0.1) is 5.92 Å². The molecular weight excluding hydrogens is 162 g/mol. The molecule has 2 heteroatoms. The molecule has 0 amide bonds. The van der Waals surface area contributed by atoms with Gasteiger partial charge in [0.05, 0.1) is 5.71 Å². The summed E-state index contributed by atoms with van der Waals surface area (Å²) in [7, 11) is 0. The third-order valence-electron chi connectivity index (χ3n) is 2.67. The molecule has 0 N–H and O–H groups in total. The van der Waals surface area contributed by atoms with Crippen molar-refractivity contribution >= 4 is 5.71 Å². The summed E-state index contributed by atoms with van der Waals surface area (Å²) in [5.74, 6) is 0.724. The fourth-order valence-electron chi connectivity index (χ4n) is 1.91. The van der Waals surface area contributed by atoms with E-state index in [-0.39, 0.29) is 0 Å².